The summed E-state index contributed by atoms with van der Waals surface area (Å²) < 4.78 is 7.10. The second kappa shape index (κ2) is 6.89. The van der Waals surface area contributed by atoms with E-state index in [1.807, 2.05) is 0 Å². The summed E-state index contributed by atoms with van der Waals surface area (Å²) in [6.45, 7) is -0.450. The molecular formula is C13H13BrN4O3. The molecule has 0 aliphatic heterocycles. The standard InChI is InChI=1S/C13H13BrN4O3/c14-9-1-3-11(4-2-9)17-12(19)8-21-13(20)7-18-6-10(15)5-16-18/h1-6H,7-8,15H2,(H,17,19). The smallest absolute Gasteiger partial charge is 0.328 e. The number of nitrogens with one attached hydrogen (secondary N) is 1. The molecule has 0 saturated carbocycles. The van der Waals surface area contributed by atoms with Crippen LogP contribution in [0, 0.1) is 0 Å². The zero-order chi connectivity index (χ0) is 15.2. The van der Waals surface area contributed by atoms with Gasteiger partial charge < -0.3 is 15.8 Å². The topological polar surface area (TPSA) is 99.2 Å². The Labute approximate surface area is 129 Å². The fourth-order valence-corrected chi connectivity index (χ4v) is 1.78. The van der Waals surface area contributed by atoms with Gasteiger partial charge >= 0.3 is 5.97 Å². The third kappa shape index (κ3) is 4.92. The van der Waals surface area contributed by atoms with E-state index in [0.717, 1.165) is 4.47 Å². The summed E-state index contributed by atoms with van der Waals surface area (Å²) in [5.41, 5.74) is 6.55. The number of esters is 1. The van der Waals surface area contributed by atoms with Crippen LogP contribution >= 0.6 is 15.9 Å². The molecule has 8 heteroatoms. The van der Waals surface area contributed by atoms with Crippen LogP contribution in [0.5, 0.6) is 0 Å². The molecule has 1 amide bonds. The molecule has 1 aromatic heterocycles. The number of nitrogens with zero attached hydrogens (tertiary/aromatic N) is 2. The van der Waals surface area contributed by atoms with Crippen molar-refractivity contribution in [3.8, 4) is 0 Å². The highest BCUT2D eigenvalue weighted by molar-refractivity contribution is 9.10. The number of hydrogen-bond donors (Lipinski definition) is 2. The van der Waals surface area contributed by atoms with Gasteiger partial charge in [-0.1, -0.05) is 15.9 Å². The molecule has 1 aromatic carbocycles. The number of carbonyl (C=O) groups is 2. The average Bonchev–Trinajstić information content (AvgIpc) is 2.84. The predicted molar refractivity (Wildman–Crippen MR) is 80.4 cm³/mol. The minimum atomic E-state index is -0.566. The van der Waals surface area contributed by atoms with Gasteiger partial charge in [0.2, 0.25) is 0 Å². The Hall–Kier alpha value is -2.35. The first-order chi connectivity index (χ1) is 10.0. The van der Waals surface area contributed by atoms with Gasteiger partial charge in [0.05, 0.1) is 11.9 Å². The number of benzene rings is 1. The zero-order valence-corrected chi connectivity index (χ0v) is 12.5. The molecule has 0 aliphatic rings. The number of nitrogen functional groups attached to an aromatic ring is 1. The van der Waals surface area contributed by atoms with Crippen molar-refractivity contribution in [3.63, 3.8) is 0 Å². The van der Waals surface area contributed by atoms with Crippen LogP contribution < -0.4 is 11.1 Å². The van der Waals surface area contributed by atoms with Crippen molar-refractivity contribution in [2.45, 2.75) is 6.54 Å². The van der Waals surface area contributed by atoms with Crippen LogP contribution in [0.2, 0.25) is 0 Å². The van der Waals surface area contributed by atoms with Gasteiger partial charge in [0, 0.05) is 16.4 Å². The first-order valence-corrected chi connectivity index (χ1v) is 6.81. The van der Waals surface area contributed by atoms with E-state index in [1.54, 1.807) is 24.3 Å². The van der Waals surface area contributed by atoms with Gasteiger partial charge in [-0.05, 0) is 24.3 Å². The largest absolute Gasteiger partial charge is 0.454 e. The summed E-state index contributed by atoms with van der Waals surface area (Å²) in [6.07, 6.45) is 2.93. The summed E-state index contributed by atoms with van der Waals surface area (Å²) in [7, 11) is 0. The minimum Gasteiger partial charge on any atom is -0.454 e. The Balaban J connectivity index is 1.75. The number of ether oxygens (including phenoxy) is 1. The van der Waals surface area contributed by atoms with E-state index in [4.69, 9.17) is 10.5 Å². The number of anilines is 2. The van der Waals surface area contributed by atoms with Crippen molar-refractivity contribution < 1.29 is 14.3 Å². The Kier molecular flexibility index (Phi) is 4.94. The summed E-state index contributed by atoms with van der Waals surface area (Å²) in [5, 5.41) is 6.46. The van der Waals surface area contributed by atoms with Crippen molar-refractivity contribution >= 4 is 39.2 Å². The van der Waals surface area contributed by atoms with Crippen LogP contribution in [-0.2, 0) is 20.9 Å². The van der Waals surface area contributed by atoms with Gasteiger partial charge in [0.25, 0.3) is 5.91 Å². The number of aromatic nitrogens is 2. The van der Waals surface area contributed by atoms with Gasteiger partial charge in [-0.25, -0.2) is 0 Å². The van der Waals surface area contributed by atoms with E-state index < -0.39 is 11.9 Å². The summed E-state index contributed by atoms with van der Waals surface area (Å²) in [4.78, 5) is 23.1. The van der Waals surface area contributed by atoms with Crippen molar-refractivity contribution in [1.82, 2.24) is 9.78 Å². The van der Waals surface area contributed by atoms with Crippen LogP contribution in [0.1, 0.15) is 0 Å². The molecule has 0 radical (unpaired) electrons. The van der Waals surface area contributed by atoms with Gasteiger partial charge in [-0.2, -0.15) is 5.10 Å². The van der Waals surface area contributed by atoms with E-state index in [2.05, 4.69) is 26.3 Å². The molecule has 3 N–H and O–H groups in total. The highest BCUT2D eigenvalue weighted by Crippen LogP contribution is 2.13. The van der Waals surface area contributed by atoms with Crippen LogP contribution in [0.25, 0.3) is 0 Å². The lowest BCUT2D eigenvalue weighted by Crippen LogP contribution is -2.23. The van der Waals surface area contributed by atoms with Crippen molar-refractivity contribution in [2.75, 3.05) is 17.7 Å². The molecule has 110 valence electrons. The first kappa shape index (κ1) is 15.0. The maximum Gasteiger partial charge on any atom is 0.328 e. The van der Waals surface area contributed by atoms with Crippen LogP contribution in [0.15, 0.2) is 41.1 Å². The lowest BCUT2D eigenvalue weighted by atomic mass is 10.3. The number of hydrogen-bond acceptors (Lipinski definition) is 5. The molecule has 0 saturated heterocycles. The third-order valence-corrected chi connectivity index (χ3v) is 2.97. The van der Waals surface area contributed by atoms with Crippen LogP contribution in [0.4, 0.5) is 11.4 Å². The maximum atomic E-state index is 11.6. The lowest BCUT2D eigenvalue weighted by molar-refractivity contribution is -0.148. The molecule has 0 unspecified atom stereocenters. The van der Waals surface area contributed by atoms with Gasteiger partial charge in [0.1, 0.15) is 6.54 Å². The number of nitrogens with two attached hydrogens (primary N) is 1. The molecule has 0 atom stereocenters. The summed E-state index contributed by atoms with van der Waals surface area (Å²) >= 11 is 3.30. The second-order valence-electron chi connectivity index (χ2n) is 4.19. The molecule has 0 bridgehead atoms. The van der Waals surface area contributed by atoms with Crippen molar-refractivity contribution in [1.29, 1.82) is 0 Å². The molecule has 1 heterocycles. The van der Waals surface area contributed by atoms with Crippen LogP contribution in [-0.4, -0.2) is 28.3 Å². The molecule has 21 heavy (non-hydrogen) atoms. The second-order valence-corrected chi connectivity index (χ2v) is 5.10. The highest BCUT2D eigenvalue weighted by Gasteiger charge is 2.09. The van der Waals surface area contributed by atoms with E-state index >= 15 is 0 Å². The number of rotatable bonds is 5. The quantitative estimate of drug-likeness (QED) is 0.792. The van der Waals surface area contributed by atoms with E-state index in [0.29, 0.717) is 11.4 Å². The fraction of sp³-hybridized carbons (Fsp3) is 0.154. The van der Waals surface area contributed by atoms with Crippen molar-refractivity contribution in [3.05, 3.63) is 41.1 Å². The normalized spacial score (nSPS) is 10.1. The van der Waals surface area contributed by atoms with E-state index in [-0.39, 0.29) is 13.2 Å². The monoisotopic (exact) mass is 352 g/mol. The van der Waals surface area contributed by atoms with E-state index in [9.17, 15) is 9.59 Å². The third-order valence-electron chi connectivity index (χ3n) is 2.44. The molecule has 0 aliphatic carbocycles. The fourth-order valence-electron chi connectivity index (χ4n) is 1.52. The van der Waals surface area contributed by atoms with Gasteiger partial charge in [0.15, 0.2) is 6.61 Å². The summed E-state index contributed by atoms with van der Waals surface area (Å²) in [6, 6.07) is 7.06. The molecule has 2 rings (SSSR count). The van der Waals surface area contributed by atoms with E-state index in [1.165, 1.54) is 17.1 Å². The highest BCUT2D eigenvalue weighted by atomic mass is 79.9. The molecular weight excluding hydrogens is 340 g/mol. The molecule has 7 nitrogen and oxygen atoms in total. The molecule has 0 fully saturated rings. The average molecular weight is 353 g/mol. The first-order valence-electron chi connectivity index (χ1n) is 6.02. The predicted octanol–water partition coefficient (Wildman–Crippen LogP) is 1.41. The lowest BCUT2D eigenvalue weighted by Gasteiger charge is -2.06. The van der Waals surface area contributed by atoms with Crippen molar-refractivity contribution in [2.24, 2.45) is 0 Å². The summed E-state index contributed by atoms with van der Waals surface area (Å²) in [5.74, 6) is -0.977. The Morgan fingerprint density at radius 3 is 2.67 bits per heavy atom. The van der Waals surface area contributed by atoms with Crippen LogP contribution in [0.3, 0.4) is 0 Å². The number of halogens is 1. The maximum absolute atomic E-state index is 11.6. The Bertz CT molecular complexity index is 639. The zero-order valence-electron chi connectivity index (χ0n) is 11.0. The number of carbonyl (C=O) groups excluding carboxylic acids is 2. The number of amides is 1. The SMILES string of the molecule is Nc1cnn(CC(=O)OCC(=O)Nc2ccc(Br)cc2)c1. The Morgan fingerprint density at radius 1 is 1.33 bits per heavy atom. The minimum absolute atomic E-state index is 0.0945. The molecule has 2 aromatic rings. The molecule has 0 spiro atoms. The van der Waals surface area contributed by atoms with Gasteiger partial charge in [-0.15, -0.1) is 0 Å². The van der Waals surface area contributed by atoms with Gasteiger partial charge in [-0.3, -0.25) is 14.3 Å². The Morgan fingerprint density at radius 2 is 2.05 bits per heavy atom.